The van der Waals surface area contributed by atoms with Crippen LogP contribution in [0.2, 0.25) is 5.15 Å². The largest absolute Gasteiger partial charge is 0.308 e. The van der Waals surface area contributed by atoms with Gasteiger partial charge in [-0.25, -0.2) is 9.07 Å². The van der Waals surface area contributed by atoms with E-state index in [1.54, 1.807) is 36.3 Å². The van der Waals surface area contributed by atoms with Gasteiger partial charge in [-0.05, 0) is 31.4 Å². The number of pyridine rings is 1. The molecule has 1 atom stereocenters. The van der Waals surface area contributed by atoms with E-state index in [2.05, 4.69) is 10.1 Å². The van der Waals surface area contributed by atoms with E-state index < -0.39 is 5.25 Å². The van der Waals surface area contributed by atoms with Crippen LogP contribution in [0.1, 0.15) is 13.8 Å². The quantitative estimate of drug-likeness (QED) is 0.791. The van der Waals surface area contributed by atoms with Crippen molar-refractivity contribution < 1.29 is 9.18 Å². The van der Waals surface area contributed by atoms with Gasteiger partial charge in [0.15, 0.2) is 5.15 Å². The molecule has 2 aromatic rings. The minimum atomic E-state index is -0.431. The molecule has 0 aromatic carbocycles. The molecule has 0 aliphatic carbocycles. The van der Waals surface area contributed by atoms with E-state index in [0.717, 1.165) is 17.4 Å². The minimum absolute atomic E-state index is 0.164. The zero-order chi connectivity index (χ0) is 16.8. The van der Waals surface area contributed by atoms with Crippen LogP contribution >= 0.6 is 23.4 Å². The topological polar surface area (TPSA) is 51.0 Å². The fraction of sp³-hybridized carbons (Fsp3) is 0.267. The highest BCUT2D eigenvalue weighted by Crippen LogP contribution is 2.28. The standard InChI is InChI=1S/C15H16ClFN4OS/c1-3-20(15(22)11(2)23-8-6-17)13-10-21(19-14(13)16)12-5-4-7-18-9-12/h4-11H,3H2,1-2H3. The summed E-state index contributed by atoms with van der Waals surface area (Å²) in [6, 6.07) is 3.62. The smallest absolute Gasteiger partial charge is 0.240 e. The van der Waals surface area contributed by atoms with Gasteiger partial charge in [-0.15, -0.1) is 11.8 Å². The summed E-state index contributed by atoms with van der Waals surface area (Å²) in [6.45, 7) is 3.99. The Morgan fingerprint density at radius 1 is 1.61 bits per heavy atom. The van der Waals surface area contributed by atoms with Crippen LogP contribution in [-0.4, -0.2) is 32.5 Å². The zero-order valence-corrected chi connectivity index (χ0v) is 14.3. The fourth-order valence-electron chi connectivity index (χ4n) is 2.02. The number of anilines is 1. The maximum Gasteiger partial charge on any atom is 0.240 e. The van der Waals surface area contributed by atoms with Crippen molar-refractivity contribution in [2.24, 2.45) is 0 Å². The van der Waals surface area contributed by atoms with Crippen molar-refractivity contribution in [2.75, 3.05) is 11.4 Å². The molecule has 0 spiro atoms. The van der Waals surface area contributed by atoms with Crippen molar-refractivity contribution in [1.29, 1.82) is 0 Å². The summed E-state index contributed by atoms with van der Waals surface area (Å²) >= 11 is 7.30. The Balaban J connectivity index is 2.28. The first-order chi connectivity index (χ1) is 11.1. The normalized spacial score (nSPS) is 12.5. The van der Waals surface area contributed by atoms with Crippen molar-refractivity contribution in [3.8, 4) is 5.69 Å². The predicted octanol–water partition coefficient (Wildman–Crippen LogP) is 3.84. The summed E-state index contributed by atoms with van der Waals surface area (Å²) in [4.78, 5) is 18.1. The van der Waals surface area contributed by atoms with Crippen LogP contribution in [0.25, 0.3) is 5.69 Å². The van der Waals surface area contributed by atoms with E-state index in [1.165, 1.54) is 10.3 Å². The maximum absolute atomic E-state index is 12.5. The van der Waals surface area contributed by atoms with Crippen LogP contribution < -0.4 is 4.90 Å². The van der Waals surface area contributed by atoms with Crippen LogP contribution in [-0.2, 0) is 4.79 Å². The van der Waals surface area contributed by atoms with Crippen molar-refractivity contribution in [2.45, 2.75) is 19.1 Å². The molecule has 0 radical (unpaired) electrons. The van der Waals surface area contributed by atoms with Gasteiger partial charge in [0.1, 0.15) is 5.69 Å². The van der Waals surface area contributed by atoms with E-state index in [-0.39, 0.29) is 11.1 Å². The second-order valence-corrected chi connectivity index (χ2v) is 6.19. The number of hydrogen-bond donors (Lipinski definition) is 0. The van der Waals surface area contributed by atoms with Gasteiger partial charge in [0, 0.05) is 12.7 Å². The SMILES string of the molecule is CCN(C(=O)C(C)SC=CF)c1cn(-c2cccnc2)nc1Cl. The highest BCUT2D eigenvalue weighted by molar-refractivity contribution is 8.03. The fourth-order valence-corrected chi connectivity index (χ4v) is 2.79. The van der Waals surface area contributed by atoms with E-state index in [1.807, 2.05) is 13.0 Å². The second-order valence-electron chi connectivity index (χ2n) is 4.58. The van der Waals surface area contributed by atoms with Gasteiger partial charge < -0.3 is 4.90 Å². The molecule has 2 aromatic heterocycles. The molecule has 0 bridgehead atoms. The van der Waals surface area contributed by atoms with Crippen molar-refractivity contribution in [1.82, 2.24) is 14.8 Å². The van der Waals surface area contributed by atoms with Gasteiger partial charge in [-0.2, -0.15) is 5.10 Å². The Hall–Kier alpha value is -1.86. The number of halogens is 2. The molecule has 8 heteroatoms. The van der Waals surface area contributed by atoms with Gasteiger partial charge in [0.05, 0.1) is 29.7 Å². The van der Waals surface area contributed by atoms with Crippen LogP contribution in [0.3, 0.4) is 0 Å². The lowest BCUT2D eigenvalue weighted by molar-refractivity contribution is -0.117. The van der Waals surface area contributed by atoms with Gasteiger partial charge in [0.2, 0.25) is 5.91 Å². The average Bonchev–Trinajstić information content (AvgIpc) is 2.96. The predicted molar refractivity (Wildman–Crippen MR) is 91.7 cm³/mol. The molecule has 0 saturated carbocycles. The average molecular weight is 355 g/mol. The van der Waals surface area contributed by atoms with Gasteiger partial charge in [0.25, 0.3) is 0 Å². The Morgan fingerprint density at radius 2 is 2.39 bits per heavy atom. The molecule has 0 fully saturated rings. The molecular formula is C15H16ClFN4OS. The molecule has 2 rings (SSSR count). The third-order valence-electron chi connectivity index (χ3n) is 3.12. The van der Waals surface area contributed by atoms with Crippen molar-refractivity contribution in [3.63, 3.8) is 0 Å². The monoisotopic (exact) mass is 354 g/mol. The van der Waals surface area contributed by atoms with Gasteiger partial charge in [-0.3, -0.25) is 9.78 Å². The third-order valence-corrected chi connectivity index (χ3v) is 4.26. The maximum atomic E-state index is 12.5. The molecule has 23 heavy (non-hydrogen) atoms. The highest BCUT2D eigenvalue weighted by Gasteiger charge is 2.24. The molecule has 1 unspecified atom stereocenters. The summed E-state index contributed by atoms with van der Waals surface area (Å²) in [6.07, 6.45) is 5.41. The first-order valence-electron chi connectivity index (χ1n) is 6.96. The summed E-state index contributed by atoms with van der Waals surface area (Å²) < 4.78 is 13.7. The van der Waals surface area contributed by atoms with E-state index in [9.17, 15) is 9.18 Å². The van der Waals surface area contributed by atoms with E-state index in [4.69, 9.17) is 11.6 Å². The Labute approximate surface area is 143 Å². The van der Waals surface area contributed by atoms with Gasteiger partial charge in [-0.1, -0.05) is 11.6 Å². The molecule has 122 valence electrons. The van der Waals surface area contributed by atoms with E-state index in [0.29, 0.717) is 18.6 Å². The lowest BCUT2D eigenvalue weighted by Crippen LogP contribution is -2.36. The first kappa shape index (κ1) is 17.5. The molecule has 2 heterocycles. The number of aromatic nitrogens is 3. The summed E-state index contributed by atoms with van der Waals surface area (Å²) in [5.74, 6) is -0.164. The minimum Gasteiger partial charge on any atom is -0.308 e. The van der Waals surface area contributed by atoms with Crippen molar-refractivity contribution >= 4 is 35.0 Å². The van der Waals surface area contributed by atoms with Gasteiger partial charge >= 0.3 is 0 Å². The number of thioether (sulfide) groups is 1. The third kappa shape index (κ3) is 4.11. The number of nitrogens with zero attached hydrogens (tertiary/aromatic N) is 4. The lowest BCUT2D eigenvalue weighted by Gasteiger charge is -2.22. The summed E-state index contributed by atoms with van der Waals surface area (Å²) in [7, 11) is 0. The number of hydrogen-bond acceptors (Lipinski definition) is 4. The number of rotatable bonds is 6. The number of amides is 1. The second kappa shape index (κ2) is 8.12. The summed E-state index contributed by atoms with van der Waals surface area (Å²) in [5, 5.41) is 5.26. The highest BCUT2D eigenvalue weighted by atomic mass is 35.5. The Bertz CT molecular complexity index is 692. The molecule has 1 amide bonds. The number of carbonyl (C=O) groups is 1. The first-order valence-corrected chi connectivity index (χ1v) is 8.28. The molecule has 0 saturated heterocycles. The molecule has 0 N–H and O–H groups in total. The lowest BCUT2D eigenvalue weighted by atomic mass is 10.3. The molecule has 0 aliphatic heterocycles. The van der Waals surface area contributed by atoms with Crippen molar-refractivity contribution in [3.05, 3.63) is 47.6 Å². The number of carbonyl (C=O) groups excluding carboxylic acids is 1. The van der Waals surface area contributed by atoms with Crippen LogP contribution in [0.4, 0.5) is 10.1 Å². The molecular weight excluding hydrogens is 339 g/mol. The van der Waals surface area contributed by atoms with Crippen LogP contribution in [0.5, 0.6) is 0 Å². The summed E-state index contributed by atoms with van der Waals surface area (Å²) in [5.41, 5.74) is 1.26. The van der Waals surface area contributed by atoms with Crippen LogP contribution in [0, 0.1) is 0 Å². The van der Waals surface area contributed by atoms with Crippen LogP contribution in [0.15, 0.2) is 42.5 Å². The Morgan fingerprint density at radius 3 is 3.00 bits per heavy atom. The molecule has 0 aliphatic rings. The molecule has 5 nitrogen and oxygen atoms in total. The Kier molecular flexibility index (Phi) is 6.18. The zero-order valence-electron chi connectivity index (χ0n) is 12.7. The van der Waals surface area contributed by atoms with E-state index >= 15 is 0 Å².